The fraction of sp³-hybridized carbons (Fsp3) is 0.280. The predicted molar refractivity (Wildman–Crippen MR) is 132 cm³/mol. The standard InChI is InChI=1S/C25H26N6O4/c1-14(2)30-18-11-7-5-9-16(18)22(24(30)34)28-26-20(32)13-21(33)27-29-23-17-10-6-8-12-19(17)31(15(3)4)25(23)35/h5-12,14-15,34-35H,13H2,1-4H3. The number of aromatic hydroxyl groups is 2. The Morgan fingerprint density at radius 3 is 1.46 bits per heavy atom. The first-order chi connectivity index (χ1) is 16.7. The molecule has 0 saturated heterocycles. The van der Waals surface area contributed by atoms with Gasteiger partial charge in [-0.2, -0.15) is 0 Å². The number of fused-ring (bicyclic) bond motifs is 2. The topological polar surface area (TPSA) is 134 Å². The quantitative estimate of drug-likeness (QED) is 0.244. The van der Waals surface area contributed by atoms with E-state index in [1.807, 2.05) is 52.0 Å². The molecule has 0 bridgehead atoms. The zero-order valence-corrected chi connectivity index (χ0v) is 19.9. The summed E-state index contributed by atoms with van der Waals surface area (Å²) in [6.45, 7) is 7.66. The SMILES string of the molecule is CC(C)n1c(O)c(N=NC(=O)CC(=O)N=Nc2c(O)n(C(C)C)c3ccccc23)c2ccccc21. The molecule has 0 aliphatic heterocycles. The Morgan fingerprint density at radius 1 is 0.714 bits per heavy atom. The number of carbonyl (C=O) groups excluding carboxylic acids is 2. The maximum absolute atomic E-state index is 12.3. The number of rotatable bonds is 6. The second-order valence-electron chi connectivity index (χ2n) is 8.67. The second kappa shape index (κ2) is 9.49. The molecular formula is C25H26N6O4. The van der Waals surface area contributed by atoms with Gasteiger partial charge in [-0.3, -0.25) is 9.59 Å². The number of nitrogens with zero attached hydrogens (tertiary/aromatic N) is 6. The molecule has 0 aliphatic carbocycles. The van der Waals surface area contributed by atoms with Crippen LogP contribution in [0.15, 0.2) is 69.0 Å². The Hall–Kier alpha value is -4.34. The molecule has 2 amide bonds. The van der Waals surface area contributed by atoms with Crippen molar-refractivity contribution in [3.8, 4) is 11.8 Å². The fourth-order valence-corrected chi connectivity index (χ4v) is 4.12. The van der Waals surface area contributed by atoms with E-state index in [2.05, 4.69) is 20.5 Å². The van der Waals surface area contributed by atoms with E-state index in [9.17, 15) is 19.8 Å². The van der Waals surface area contributed by atoms with Gasteiger partial charge in [0.2, 0.25) is 11.8 Å². The third kappa shape index (κ3) is 4.42. The summed E-state index contributed by atoms with van der Waals surface area (Å²) < 4.78 is 3.38. The summed E-state index contributed by atoms with van der Waals surface area (Å²) in [5.41, 5.74) is 1.82. The summed E-state index contributed by atoms with van der Waals surface area (Å²) in [4.78, 5) is 24.5. The number of benzene rings is 2. The lowest BCUT2D eigenvalue weighted by molar-refractivity contribution is -0.126. The highest BCUT2D eigenvalue weighted by molar-refractivity contribution is 5.99. The molecule has 0 aliphatic rings. The number of aromatic nitrogens is 2. The van der Waals surface area contributed by atoms with Gasteiger partial charge in [-0.05, 0) is 39.8 Å². The van der Waals surface area contributed by atoms with E-state index in [0.717, 1.165) is 11.0 Å². The number of carbonyl (C=O) groups is 2. The van der Waals surface area contributed by atoms with Crippen LogP contribution in [0.5, 0.6) is 11.8 Å². The monoisotopic (exact) mass is 474 g/mol. The molecular weight excluding hydrogens is 448 g/mol. The van der Waals surface area contributed by atoms with E-state index in [1.165, 1.54) is 0 Å². The van der Waals surface area contributed by atoms with Gasteiger partial charge in [-0.25, -0.2) is 0 Å². The van der Waals surface area contributed by atoms with Gasteiger partial charge >= 0.3 is 0 Å². The van der Waals surface area contributed by atoms with Crippen LogP contribution in [-0.2, 0) is 9.59 Å². The Bertz CT molecular complexity index is 1380. The van der Waals surface area contributed by atoms with E-state index < -0.39 is 18.2 Å². The van der Waals surface area contributed by atoms with Gasteiger partial charge in [0.25, 0.3) is 11.8 Å². The van der Waals surface area contributed by atoms with Gasteiger partial charge in [0, 0.05) is 22.9 Å². The summed E-state index contributed by atoms with van der Waals surface area (Å²) in [5, 5.41) is 37.6. The molecule has 0 atom stereocenters. The van der Waals surface area contributed by atoms with Crippen LogP contribution in [0.25, 0.3) is 21.8 Å². The normalized spacial score (nSPS) is 12.3. The number of hydrogen-bond donors (Lipinski definition) is 2. The number of para-hydroxylation sites is 2. The molecule has 0 fully saturated rings. The third-order valence-electron chi connectivity index (χ3n) is 5.58. The molecule has 4 aromatic rings. The lowest BCUT2D eigenvalue weighted by atomic mass is 10.2. The van der Waals surface area contributed by atoms with Crippen molar-refractivity contribution >= 4 is 45.0 Å². The first-order valence-corrected chi connectivity index (χ1v) is 11.2. The van der Waals surface area contributed by atoms with Crippen molar-refractivity contribution in [1.29, 1.82) is 0 Å². The summed E-state index contributed by atoms with van der Waals surface area (Å²) in [6.07, 6.45) is -0.653. The predicted octanol–water partition coefficient (Wildman–Crippen LogP) is 6.48. The second-order valence-corrected chi connectivity index (χ2v) is 8.67. The summed E-state index contributed by atoms with van der Waals surface area (Å²) in [6, 6.07) is 14.4. The maximum Gasteiger partial charge on any atom is 0.274 e. The van der Waals surface area contributed by atoms with Crippen molar-refractivity contribution in [2.24, 2.45) is 20.5 Å². The average molecular weight is 475 g/mol. The van der Waals surface area contributed by atoms with Crippen LogP contribution >= 0.6 is 0 Å². The summed E-state index contributed by atoms with van der Waals surface area (Å²) in [5.74, 6) is -1.88. The van der Waals surface area contributed by atoms with E-state index in [1.54, 1.807) is 33.4 Å². The van der Waals surface area contributed by atoms with Gasteiger partial charge in [-0.15, -0.1) is 20.5 Å². The fourth-order valence-electron chi connectivity index (χ4n) is 4.12. The van der Waals surface area contributed by atoms with Crippen molar-refractivity contribution < 1.29 is 19.8 Å². The van der Waals surface area contributed by atoms with Crippen LogP contribution in [0.2, 0.25) is 0 Å². The minimum absolute atomic E-state index is 0.0420. The molecule has 10 nitrogen and oxygen atoms in total. The van der Waals surface area contributed by atoms with Crippen LogP contribution in [0.4, 0.5) is 11.4 Å². The Kier molecular flexibility index (Phi) is 6.46. The highest BCUT2D eigenvalue weighted by atomic mass is 16.3. The van der Waals surface area contributed by atoms with Crippen LogP contribution in [0.1, 0.15) is 46.2 Å². The lowest BCUT2D eigenvalue weighted by Crippen LogP contribution is -2.01. The number of hydrogen-bond acceptors (Lipinski definition) is 6. The highest BCUT2D eigenvalue weighted by Crippen LogP contribution is 2.42. The Morgan fingerprint density at radius 2 is 1.09 bits per heavy atom. The maximum atomic E-state index is 12.3. The molecule has 2 aromatic carbocycles. The minimum atomic E-state index is -0.830. The van der Waals surface area contributed by atoms with Crippen LogP contribution in [0, 0.1) is 0 Å². The zero-order chi connectivity index (χ0) is 25.3. The molecule has 2 N–H and O–H groups in total. The van der Waals surface area contributed by atoms with Crippen molar-refractivity contribution in [2.75, 3.05) is 0 Å². The van der Waals surface area contributed by atoms with Crippen LogP contribution < -0.4 is 0 Å². The molecule has 2 aromatic heterocycles. The van der Waals surface area contributed by atoms with Crippen molar-refractivity contribution in [3.05, 3.63) is 48.5 Å². The first-order valence-electron chi connectivity index (χ1n) is 11.2. The molecule has 0 radical (unpaired) electrons. The molecule has 0 unspecified atom stereocenters. The van der Waals surface area contributed by atoms with Crippen molar-refractivity contribution in [3.63, 3.8) is 0 Å². The van der Waals surface area contributed by atoms with Gasteiger partial charge in [0.1, 0.15) is 6.42 Å². The van der Waals surface area contributed by atoms with E-state index >= 15 is 0 Å². The summed E-state index contributed by atoms with van der Waals surface area (Å²) in [7, 11) is 0. The van der Waals surface area contributed by atoms with E-state index in [-0.39, 0.29) is 35.2 Å². The first kappa shape index (κ1) is 23.8. The number of amides is 2. The number of azo groups is 2. The third-order valence-corrected chi connectivity index (χ3v) is 5.58. The van der Waals surface area contributed by atoms with E-state index in [0.29, 0.717) is 10.8 Å². The van der Waals surface area contributed by atoms with Crippen molar-refractivity contribution in [1.82, 2.24) is 9.13 Å². The molecule has 10 heteroatoms. The average Bonchev–Trinajstić information content (AvgIpc) is 3.26. The molecule has 0 spiro atoms. The molecule has 180 valence electrons. The smallest absolute Gasteiger partial charge is 0.274 e. The molecule has 0 saturated carbocycles. The van der Waals surface area contributed by atoms with Gasteiger partial charge < -0.3 is 19.3 Å². The van der Waals surface area contributed by atoms with Crippen LogP contribution in [-0.4, -0.2) is 31.2 Å². The van der Waals surface area contributed by atoms with Gasteiger partial charge in [0.15, 0.2) is 11.4 Å². The van der Waals surface area contributed by atoms with E-state index in [4.69, 9.17) is 0 Å². The van der Waals surface area contributed by atoms with Gasteiger partial charge in [0.05, 0.1) is 11.0 Å². The molecule has 4 rings (SSSR count). The Labute approximate surface area is 201 Å². The lowest BCUT2D eigenvalue weighted by Gasteiger charge is -2.10. The van der Waals surface area contributed by atoms with Gasteiger partial charge in [-0.1, -0.05) is 36.4 Å². The van der Waals surface area contributed by atoms with Crippen molar-refractivity contribution in [2.45, 2.75) is 46.2 Å². The summed E-state index contributed by atoms with van der Waals surface area (Å²) >= 11 is 0. The minimum Gasteiger partial charge on any atom is -0.493 e. The van der Waals surface area contributed by atoms with Crippen LogP contribution in [0.3, 0.4) is 0 Å². The zero-order valence-electron chi connectivity index (χ0n) is 19.9. The Balaban J connectivity index is 1.54. The molecule has 2 heterocycles. The highest BCUT2D eigenvalue weighted by Gasteiger charge is 2.20. The largest absolute Gasteiger partial charge is 0.493 e. The molecule has 35 heavy (non-hydrogen) atoms.